The minimum Gasteiger partial charge on any atom is -0.491 e. The van der Waals surface area contributed by atoms with Gasteiger partial charge < -0.3 is 10.5 Å². The van der Waals surface area contributed by atoms with Crippen molar-refractivity contribution in [3.05, 3.63) is 83.9 Å². The number of benzene rings is 2. The Morgan fingerprint density at radius 1 is 1.00 bits per heavy atom. The number of nitrogens with one attached hydrogen (secondary N) is 1. The van der Waals surface area contributed by atoms with Crippen molar-refractivity contribution in [1.82, 2.24) is 19.7 Å². The lowest BCUT2D eigenvalue weighted by atomic mass is 10.0. The van der Waals surface area contributed by atoms with Gasteiger partial charge in [-0.15, -0.1) is 0 Å². The van der Waals surface area contributed by atoms with E-state index in [0.717, 1.165) is 11.8 Å². The first kappa shape index (κ1) is 25.7. The van der Waals surface area contributed by atoms with Gasteiger partial charge in [0.2, 0.25) is 5.03 Å². The first-order valence-corrected chi connectivity index (χ1v) is 12.7. The molecule has 0 fully saturated rings. The predicted octanol–water partition coefficient (Wildman–Crippen LogP) is 4.14. The molecule has 0 saturated heterocycles. The van der Waals surface area contributed by atoms with E-state index in [4.69, 9.17) is 10.5 Å². The lowest BCUT2D eigenvalue weighted by molar-refractivity contribution is 0.0981. The molecular formula is C26H24FN5O4S. The van der Waals surface area contributed by atoms with E-state index in [9.17, 15) is 17.6 Å². The SMILES string of the molecule is Cc1ccc(-c2nc(-c3cc(F)cc(OC(C)C)c3)ccc2C(=O)NS(=O)(=O)c2nccnc2N)cc1. The van der Waals surface area contributed by atoms with Gasteiger partial charge in [0, 0.05) is 29.6 Å². The number of hydrogen-bond donors (Lipinski definition) is 2. The standard InChI is InChI=1S/C26H24FN5O4S/c1-15(2)36-20-13-18(12-19(27)14-20)22-9-8-21(23(31-22)17-6-4-16(3)5-7-17)25(33)32-37(34,35)26-24(28)29-10-11-30-26/h4-15H,1-3H3,(H2,28,29)(H,32,33). The number of amides is 1. The van der Waals surface area contributed by atoms with Crippen molar-refractivity contribution in [3.8, 4) is 28.3 Å². The summed E-state index contributed by atoms with van der Waals surface area (Å²) in [5.74, 6) is -1.47. The monoisotopic (exact) mass is 521 g/mol. The Kier molecular flexibility index (Phi) is 7.16. The van der Waals surface area contributed by atoms with E-state index in [2.05, 4.69) is 15.0 Å². The van der Waals surface area contributed by atoms with Crippen molar-refractivity contribution >= 4 is 21.7 Å². The molecule has 2 aromatic carbocycles. The van der Waals surface area contributed by atoms with Gasteiger partial charge in [-0.25, -0.2) is 24.1 Å². The van der Waals surface area contributed by atoms with Gasteiger partial charge in [-0.05, 0) is 45.0 Å². The molecule has 1 amide bonds. The number of sulfonamides is 1. The summed E-state index contributed by atoms with van der Waals surface area (Å²) in [4.78, 5) is 25.2. The van der Waals surface area contributed by atoms with Crippen LogP contribution in [0.15, 0.2) is 72.0 Å². The maximum atomic E-state index is 14.4. The number of pyridine rings is 1. The molecule has 37 heavy (non-hydrogen) atoms. The summed E-state index contributed by atoms with van der Waals surface area (Å²) in [6.45, 7) is 5.56. The van der Waals surface area contributed by atoms with Crippen LogP contribution in [0.3, 0.4) is 0 Å². The molecule has 2 heterocycles. The molecule has 0 atom stereocenters. The lowest BCUT2D eigenvalue weighted by Crippen LogP contribution is -2.32. The number of carbonyl (C=O) groups is 1. The van der Waals surface area contributed by atoms with Crippen molar-refractivity contribution in [2.45, 2.75) is 31.9 Å². The molecule has 4 rings (SSSR count). The number of aryl methyl sites for hydroxylation is 1. The quantitative estimate of drug-likeness (QED) is 0.370. The van der Waals surface area contributed by atoms with Crippen LogP contribution in [0.5, 0.6) is 5.75 Å². The smallest absolute Gasteiger partial charge is 0.285 e. The number of anilines is 1. The molecule has 9 nitrogen and oxygen atoms in total. The van der Waals surface area contributed by atoms with E-state index in [0.29, 0.717) is 22.6 Å². The third kappa shape index (κ3) is 5.89. The summed E-state index contributed by atoms with van der Waals surface area (Å²) in [6, 6.07) is 14.3. The summed E-state index contributed by atoms with van der Waals surface area (Å²) in [7, 11) is -4.42. The fourth-order valence-electron chi connectivity index (χ4n) is 3.55. The molecule has 0 aliphatic rings. The van der Waals surface area contributed by atoms with E-state index >= 15 is 0 Å². The molecule has 0 aliphatic carbocycles. The van der Waals surface area contributed by atoms with Crippen molar-refractivity contribution < 1.29 is 22.3 Å². The molecule has 11 heteroatoms. The van der Waals surface area contributed by atoms with Gasteiger partial charge >= 0.3 is 0 Å². The molecule has 0 aliphatic heterocycles. The molecule has 3 N–H and O–H groups in total. The van der Waals surface area contributed by atoms with E-state index in [-0.39, 0.29) is 23.2 Å². The van der Waals surface area contributed by atoms with Gasteiger partial charge in [-0.2, -0.15) is 8.42 Å². The van der Waals surface area contributed by atoms with Crippen molar-refractivity contribution in [1.29, 1.82) is 0 Å². The van der Waals surface area contributed by atoms with Crippen LogP contribution >= 0.6 is 0 Å². The maximum Gasteiger partial charge on any atom is 0.285 e. The Balaban J connectivity index is 1.79. The molecule has 190 valence electrons. The van der Waals surface area contributed by atoms with Gasteiger partial charge in [-0.1, -0.05) is 29.8 Å². The van der Waals surface area contributed by atoms with Gasteiger partial charge in [-0.3, -0.25) is 4.79 Å². The molecule has 4 aromatic rings. The van der Waals surface area contributed by atoms with E-state index in [1.807, 2.05) is 37.6 Å². The van der Waals surface area contributed by atoms with Gasteiger partial charge in [0.15, 0.2) is 5.82 Å². The maximum absolute atomic E-state index is 14.4. The Morgan fingerprint density at radius 2 is 1.70 bits per heavy atom. The molecule has 0 bridgehead atoms. The normalized spacial score (nSPS) is 11.4. The Bertz CT molecular complexity index is 1570. The second-order valence-corrected chi connectivity index (χ2v) is 10.1. The summed E-state index contributed by atoms with van der Waals surface area (Å²) in [5, 5.41) is -0.567. The molecule has 0 spiro atoms. The topological polar surface area (TPSA) is 137 Å². The molecule has 0 radical (unpaired) electrons. The van der Waals surface area contributed by atoms with E-state index < -0.39 is 26.8 Å². The van der Waals surface area contributed by atoms with Crippen molar-refractivity contribution in [2.24, 2.45) is 0 Å². The minimum atomic E-state index is -4.42. The van der Waals surface area contributed by atoms with Gasteiger partial charge in [0.05, 0.1) is 23.1 Å². The van der Waals surface area contributed by atoms with Crippen LogP contribution in [0.2, 0.25) is 0 Å². The number of nitrogens with zero attached hydrogens (tertiary/aromatic N) is 3. The molecule has 0 saturated carbocycles. The number of nitrogens with two attached hydrogens (primary N) is 1. The highest BCUT2D eigenvalue weighted by Gasteiger charge is 2.26. The summed E-state index contributed by atoms with van der Waals surface area (Å²) < 4.78 is 47.6. The third-order valence-electron chi connectivity index (χ3n) is 5.18. The average Bonchev–Trinajstić information content (AvgIpc) is 2.83. The second kappa shape index (κ2) is 10.3. The zero-order valence-corrected chi connectivity index (χ0v) is 21.1. The zero-order valence-electron chi connectivity index (χ0n) is 20.3. The van der Waals surface area contributed by atoms with Crippen LogP contribution in [0.1, 0.15) is 29.8 Å². The first-order chi connectivity index (χ1) is 17.5. The number of aromatic nitrogens is 3. The summed E-state index contributed by atoms with van der Waals surface area (Å²) in [6.07, 6.45) is 2.22. The highest BCUT2D eigenvalue weighted by molar-refractivity contribution is 7.90. The Hall–Kier alpha value is -4.38. The predicted molar refractivity (Wildman–Crippen MR) is 137 cm³/mol. The number of hydrogen-bond acceptors (Lipinski definition) is 8. The van der Waals surface area contributed by atoms with Gasteiger partial charge in [0.25, 0.3) is 15.9 Å². The van der Waals surface area contributed by atoms with Crippen LogP contribution < -0.4 is 15.2 Å². The van der Waals surface area contributed by atoms with Crippen molar-refractivity contribution in [3.63, 3.8) is 0 Å². The van der Waals surface area contributed by atoms with E-state index in [1.165, 1.54) is 30.5 Å². The Labute approximate surface area is 213 Å². The number of carbonyl (C=O) groups excluding carboxylic acids is 1. The number of rotatable bonds is 7. The molecule has 0 unspecified atom stereocenters. The van der Waals surface area contributed by atoms with Crippen LogP contribution in [-0.4, -0.2) is 35.4 Å². The lowest BCUT2D eigenvalue weighted by Gasteiger charge is -2.14. The van der Waals surface area contributed by atoms with Crippen LogP contribution in [0.25, 0.3) is 22.5 Å². The van der Waals surface area contributed by atoms with Crippen LogP contribution in [0, 0.1) is 12.7 Å². The zero-order chi connectivity index (χ0) is 26.7. The summed E-state index contributed by atoms with van der Waals surface area (Å²) >= 11 is 0. The third-order valence-corrected chi connectivity index (χ3v) is 6.45. The minimum absolute atomic E-state index is 0.0197. The number of nitrogen functional groups attached to an aromatic ring is 1. The Morgan fingerprint density at radius 3 is 2.38 bits per heavy atom. The van der Waals surface area contributed by atoms with Gasteiger partial charge in [0.1, 0.15) is 11.6 Å². The van der Waals surface area contributed by atoms with Crippen LogP contribution in [-0.2, 0) is 10.0 Å². The van der Waals surface area contributed by atoms with Crippen LogP contribution in [0.4, 0.5) is 10.2 Å². The highest BCUT2D eigenvalue weighted by atomic mass is 32.2. The fraction of sp³-hybridized carbons (Fsp3) is 0.154. The number of ether oxygens (including phenoxy) is 1. The largest absolute Gasteiger partial charge is 0.491 e. The van der Waals surface area contributed by atoms with Crippen molar-refractivity contribution in [2.75, 3.05) is 5.73 Å². The molecule has 2 aromatic heterocycles. The fourth-order valence-corrected chi connectivity index (χ4v) is 4.53. The first-order valence-electron chi connectivity index (χ1n) is 11.2. The van der Waals surface area contributed by atoms with E-state index in [1.54, 1.807) is 18.2 Å². The highest BCUT2D eigenvalue weighted by Crippen LogP contribution is 2.30. The second-order valence-electron chi connectivity index (χ2n) is 8.48. The molecular weight excluding hydrogens is 497 g/mol. The average molecular weight is 522 g/mol. The summed E-state index contributed by atoms with van der Waals surface area (Å²) in [5.41, 5.74) is 8.15. The number of halogens is 1.